The van der Waals surface area contributed by atoms with Gasteiger partial charge in [0.05, 0.1) is 0 Å². The van der Waals surface area contributed by atoms with Gasteiger partial charge in [-0.05, 0) is 11.6 Å². The monoisotopic (exact) mass is 270 g/mol. The quantitative estimate of drug-likeness (QED) is 0.798. The van der Waals surface area contributed by atoms with Gasteiger partial charge in [-0.2, -0.15) is 0 Å². The highest BCUT2D eigenvalue weighted by molar-refractivity contribution is 5.88. The van der Waals surface area contributed by atoms with Gasteiger partial charge in [-0.25, -0.2) is 0 Å². The van der Waals surface area contributed by atoms with E-state index in [-0.39, 0.29) is 5.78 Å². The molecular formula is C17H18O3. The number of ether oxygens (including phenoxy) is 2. The molecule has 0 aromatic heterocycles. The van der Waals surface area contributed by atoms with Gasteiger partial charge in [0.15, 0.2) is 11.9 Å². The lowest BCUT2D eigenvalue weighted by molar-refractivity contribution is -0.126. The standard InChI is InChI=1S/C15H12O2.C2H6O/c16-13-10-12-8-4-5-9-14(12)17-15(13)11-6-2-1-3-7-11;1-3-2/h1-9,15H,10H2;1-2H3. The molecule has 3 rings (SSSR count). The second-order valence-corrected chi connectivity index (χ2v) is 4.57. The van der Waals surface area contributed by atoms with Crippen LogP contribution in [-0.4, -0.2) is 20.0 Å². The van der Waals surface area contributed by atoms with Crippen LogP contribution in [0, 0.1) is 0 Å². The van der Waals surface area contributed by atoms with E-state index < -0.39 is 6.10 Å². The van der Waals surface area contributed by atoms with Crippen LogP contribution in [0.5, 0.6) is 5.75 Å². The topological polar surface area (TPSA) is 35.5 Å². The number of carbonyl (C=O) groups excluding carboxylic acids is 1. The lowest BCUT2D eigenvalue weighted by Crippen LogP contribution is -2.25. The maximum atomic E-state index is 12.0. The van der Waals surface area contributed by atoms with Crippen LogP contribution in [0.25, 0.3) is 0 Å². The fourth-order valence-corrected chi connectivity index (χ4v) is 2.12. The molecule has 0 saturated heterocycles. The predicted octanol–water partition coefficient (Wildman–Crippen LogP) is 3.19. The van der Waals surface area contributed by atoms with Crippen molar-refractivity contribution < 1.29 is 14.3 Å². The maximum Gasteiger partial charge on any atom is 0.182 e. The van der Waals surface area contributed by atoms with Crippen molar-refractivity contribution in [3.63, 3.8) is 0 Å². The van der Waals surface area contributed by atoms with E-state index in [0.717, 1.165) is 16.9 Å². The normalized spacial score (nSPS) is 16.5. The number of fused-ring (bicyclic) bond motifs is 1. The summed E-state index contributed by atoms with van der Waals surface area (Å²) in [6.45, 7) is 0. The first-order valence-corrected chi connectivity index (χ1v) is 6.48. The van der Waals surface area contributed by atoms with E-state index in [1.54, 1.807) is 14.2 Å². The van der Waals surface area contributed by atoms with Crippen molar-refractivity contribution in [1.29, 1.82) is 0 Å². The van der Waals surface area contributed by atoms with Crippen molar-refractivity contribution in [3.8, 4) is 5.75 Å². The van der Waals surface area contributed by atoms with E-state index in [4.69, 9.17) is 4.74 Å². The molecule has 0 fully saturated rings. The SMILES string of the molecule is COC.O=C1Cc2ccccc2OC1c1ccccc1. The second-order valence-electron chi connectivity index (χ2n) is 4.57. The number of methoxy groups -OCH3 is 1. The zero-order chi connectivity index (χ0) is 14.4. The molecule has 0 radical (unpaired) electrons. The molecule has 3 heteroatoms. The number of benzene rings is 2. The van der Waals surface area contributed by atoms with Gasteiger partial charge in [0.25, 0.3) is 0 Å². The number of hydrogen-bond donors (Lipinski definition) is 0. The maximum absolute atomic E-state index is 12.0. The van der Waals surface area contributed by atoms with Crippen LogP contribution in [0.15, 0.2) is 54.6 Å². The van der Waals surface area contributed by atoms with Crippen LogP contribution in [-0.2, 0) is 16.0 Å². The molecule has 0 spiro atoms. The highest BCUT2D eigenvalue weighted by Gasteiger charge is 2.28. The molecule has 2 aromatic carbocycles. The van der Waals surface area contributed by atoms with Gasteiger partial charge in [0, 0.05) is 26.2 Å². The van der Waals surface area contributed by atoms with Crippen LogP contribution < -0.4 is 4.74 Å². The Hall–Kier alpha value is -2.13. The first-order chi connectivity index (χ1) is 9.76. The highest BCUT2D eigenvalue weighted by Crippen LogP contribution is 2.32. The van der Waals surface area contributed by atoms with Gasteiger partial charge >= 0.3 is 0 Å². The molecule has 1 aliphatic rings. The minimum atomic E-state index is -0.453. The van der Waals surface area contributed by atoms with Crippen LogP contribution in [0.2, 0.25) is 0 Å². The molecule has 2 aromatic rings. The molecule has 1 unspecified atom stereocenters. The first-order valence-electron chi connectivity index (χ1n) is 6.48. The van der Waals surface area contributed by atoms with Crippen molar-refractivity contribution in [3.05, 3.63) is 65.7 Å². The van der Waals surface area contributed by atoms with Gasteiger partial charge in [0.1, 0.15) is 5.75 Å². The van der Waals surface area contributed by atoms with Crippen molar-refractivity contribution >= 4 is 5.78 Å². The zero-order valence-corrected chi connectivity index (χ0v) is 11.7. The molecule has 0 aliphatic carbocycles. The molecule has 0 amide bonds. The third-order valence-corrected chi connectivity index (χ3v) is 2.98. The molecule has 20 heavy (non-hydrogen) atoms. The summed E-state index contributed by atoms with van der Waals surface area (Å²) in [4.78, 5) is 12.0. The summed E-state index contributed by atoms with van der Waals surface area (Å²) in [7, 11) is 3.25. The average Bonchev–Trinajstić information content (AvgIpc) is 2.48. The highest BCUT2D eigenvalue weighted by atomic mass is 16.5. The smallest absolute Gasteiger partial charge is 0.182 e. The predicted molar refractivity (Wildman–Crippen MR) is 77.9 cm³/mol. The summed E-state index contributed by atoms with van der Waals surface area (Å²) in [6.07, 6.45) is 0.00142. The van der Waals surface area contributed by atoms with E-state index in [1.807, 2.05) is 54.6 Å². The molecule has 0 N–H and O–H groups in total. The third-order valence-electron chi connectivity index (χ3n) is 2.98. The first kappa shape index (κ1) is 14.3. The van der Waals surface area contributed by atoms with Gasteiger partial charge in [0.2, 0.25) is 0 Å². The van der Waals surface area contributed by atoms with Gasteiger partial charge in [-0.1, -0.05) is 48.5 Å². The van der Waals surface area contributed by atoms with Crippen molar-refractivity contribution in [2.24, 2.45) is 0 Å². The molecule has 1 atom stereocenters. The summed E-state index contributed by atoms with van der Waals surface area (Å²) in [5, 5.41) is 0. The molecular weight excluding hydrogens is 252 g/mol. The minimum Gasteiger partial charge on any atom is -0.478 e. The van der Waals surface area contributed by atoms with E-state index >= 15 is 0 Å². The Kier molecular flexibility index (Phi) is 4.91. The van der Waals surface area contributed by atoms with Crippen LogP contribution in [0.4, 0.5) is 0 Å². The molecule has 1 aliphatic heterocycles. The van der Waals surface area contributed by atoms with Crippen LogP contribution >= 0.6 is 0 Å². The number of para-hydroxylation sites is 1. The number of Topliss-reactive ketones (excluding diaryl/α,β-unsaturated/α-hetero) is 1. The lowest BCUT2D eigenvalue weighted by atomic mass is 9.96. The Morgan fingerprint density at radius 2 is 1.60 bits per heavy atom. The number of hydrogen-bond acceptors (Lipinski definition) is 3. The Bertz CT molecular complexity index is 563. The van der Waals surface area contributed by atoms with Crippen molar-refractivity contribution in [1.82, 2.24) is 0 Å². The summed E-state index contributed by atoms with van der Waals surface area (Å²) in [5.74, 6) is 0.941. The third kappa shape index (κ3) is 3.25. The molecule has 1 heterocycles. The summed E-state index contributed by atoms with van der Waals surface area (Å²) < 4.78 is 10.0. The van der Waals surface area contributed by atoms with Crippen LogP contribution in [0.1, 0.15) is 17.2 Å². The minimum absolute atomic E-state index is 0.120. The van der Waals surface area contributed by atoms with E-state index in [0.29, 0.717) is 6.42 Å². The zero-order valence-electron chi connectivity index (χ0n) is 11.7. The molecule has 104 valence electrons. The van der Waals surface area contributed by atoms with E-state index in [1.165, 1.54) is 0 Å². The Balaban J connectivity index is 0.000000452. The Morgan fingerprint density at radius 3 is 2.30 bits per heavy atom. The molecule has 0 saturated carbocycles. The summed E-state index contributed by atoms with van der Waals surface area (Å²) in [6, 6.07) is 17.3. The van der Waals surface area contributed by atoms with Crippen LogP contribution in [0.3, 0.4) is 0 Å². The largest absolute Gasteiger partial charge is 0.478 e. The van der Waals surface area contributed by atoms with E-state index in [2.05, 4.69) is 4.74 Å². The number of carbonyl (C=O) groups is 1. The molecule has 3 nitrogen and oxygen atoms in total. The lowest BCUT2D eigenvalue weighted by Gasteiger charge is -2.25. The number of rotatable bonds is 1. The van der Waals surface area contributed by atoms with Crippen molar-refractivity contribution in [2.75, 3.05) is 14.2 Å². The van der Waals surface area contributed by atoms with Gasteiger partial charge < -0.3 is 9.47 Å². The van der Waals surface area contributed by atoms with E-state index in [9.17, 15) is 4.79 Å². The number of ketones is 1. The van der Waals surface area contributed by atoms with Gasteiger partial charge in [-0.3, -0.25) is 4.79 Å². The summed E-state index contributed by atoms with van der Waals surface area (Å²) >= 11 is 0. The average molecular weight is 270 g/mol. The Labute approximate surface area is 119 Å². The summed E-state index contributed by atoms with van der Waals surface area (Å²) in [5.41, 5.74) is 1.90. The molecule has 0 bridgehead atoms. The van der Waals surface area contributed by atoms with Crippen molar-refractivity contribution in [2.45, 2.75) is 12.5 Å². The fourth-order valence-electron chi connectivity index (χ4n) is 2.12. The fraction of sp³-hybridized carbons (Fsp3) is 0.235. The van der Waals surface area contributed by atoms with Gasteiger partial charge in [-0.15, -0.1) is 0 Å². The Morgan fingerprint density at radius 1 is 1.00 bits per heavy atom. The second kappa shape index (κ2) is 6.87.